The molecule has 2 aromatic heterocycles. The monoisotopic (exact) mass is 398 g/mol. The summed E-state index contributed by atoms with van der Waals surface area (Å²) < 4.78 is 40.5. The maximum absolute atomic E-state index is 14.6. The molecule has 0 atom stereocenters. The van der Waals surface area contributed by atoms with Gasteiger partial charge in [-0.25, -0.2) is 13.8 Å². The number of hydrogen-bond donors (Lipinski definition) is 1. The Morgan fingerprint density at radius 3 is 2.59 bits per heavy atom. The molecule has 0 radical (unpaired) electrons. The molecule has 0 unspecified atom stereocenters. The van der Waals surface area contributed by atoms with Gasteiger partial charge in [0.1, 0.15) is 12.7 Å². The second-order valence-electron chi connectivity index (χ2n) is 7.00. The Bertz CT molecular complexity index is 1040. The van der Waals surface area contributed by atoms with E-state index in [1.807, 2.05) is 0 Å². The lowest BCUT2D eigenvalue weighted by Crippen LogP contribution is -2.12. The highest BCUT2D eigenvalue weighted by atomic mass is 19.1. The smallest absolute Gasteiger partial charge is 0.248 e. The highest BCUT2D eigenvalue weighted by Gasteiger charge is 2.21. The molecule has 1 aliphatic rings. The van der Waals surface area contributed by atoms with Crippen molar-refractivity contribution in [1.82, 2.24) is 9.97 Å². The fraction of sp³-hybridized carbons (Fsp3) is 0.273. The number of nitrogens with one attached hydrogen (secondary N) is 1. The van der Waals surface area contributed by atoms with Crippen LogP contribution in [0.4, 0.5) is 8.78 Å². The molecular weight excluding hydrogens is 378 g/mol. The summed E-state index contributed by atoms with van der Waals surface area (Å²) in [5, 5.41) is 0. The van der Waals surface area contributed by atoms with Gasteiger partial charge in [0.25, 0.3) is 0 Å². The second-order valence-corrected chi connectivity index (χ2v) is 7.00. The number of ether oxygens (including phenoxy) is 2. The van der Waals surface area contributed by atoms with E-state index < -0.39 is 17.4 Å². The first-order chi connectivity index (χ1) is 14.1. The highest BCUT2D eigenvalue weighted by Crippen LogP contribution is 2.35. The van der Waals surface area contributed by atoms with Gasteiger partial charge in [-0.15, -0.1) is 0 Å². The average molecular weight is 398 g/mol. The molecule has 1 saturated carbocycles. The molecule has 1 fully saturated rings. The maximum atomic E-state index is 14.6. The number of hydrogen-bond acceptors (Lipinski definition) is 4. The predicted molar refractivity (Wildman–Crippen MR) is 104 cm³/mol. The molecule has 0 saturated heterocycles. The van der Waals surface area contributed by atoms with Crippen LogP contribution in [0.25, 0.3) is 11.1 Å². The van der Waals surface area contributed by atoms with Crippen molar-refractivity contribution in [3.8, 4) is 22.8 Å². The van der Waals surface area contributed by atoms with Crippen LogP contribution < -0.4 is 15.0 Å². The molecule has 3 aromatic rings. The number of aromatic nitrogens is 2. The van der Waals surface area contributed by atoms with E-state index >= 15 is 0 Å². The summed E-state index contributed by atoms with van der Waals surface area (Å²) in [6, 6.07) is 8.75. The fourth-order valence-corrected chi connectivity index (χ4v) is 3.46. The summed E-state index contributed by atoms with van der Waals surface area (Å²) in [7, 11) is 0. The van der Waals surface area contributed by atoms with Crippen molar-refractivity contribution in [3.05, 3.63) is 76.3 Å². The van der Waals surface area contributed by atoms with Crippen LogP contribution in [0.5, 0.6) is 11.6 Å². The molecule has 0 spiro atoms. The summed E-state index contributed by atoms with van der Waals surface area (Å²) in [4.78, 5) is 18.0. The summed E-state index contributed by atoms with van der Waals surface area (Å²) in [5.41, 5.74) is 1.05. The topological polar surface area (TPSA) is 64.2 Å². The SMILES string of the molecule is O=c1cc(COc2c(F)cc(-c3cccnc3OC3CCCC3)cc2F)cc[nH]1. The van der Waals surface area contributed by atoms with Crippen LogP contribution in [-0.2, 0) is 6.61 Å². The first kappa shape index (κ1) is 19.1. The zero-order chi connectivity index (χ0) is 20.2. The van der Waals surface area contributed by atoms with E-state index in [1.165, 1.54) is 24.4 Å². The van der Waals surface area contributed by atoms with Gasteiger partial charge in [0, 0.05) is 24.0 Å². The minimum atomic E-state index is -0.833. The van der Waals surface area contributed by atoms with Crippen LogP contribution in [0.2, 0.25) is 0 Å². The molecule has 1 aliphatic carbocycles. The Labute approximate surface area is 166 Å². The summed E-state index contributed by atoms with van der Waals surface area (Å²) in [6.07, 6.45) is 7.24. The van der Waals surface area contributed by atoms with Crippen molar-refractivity contribution in [2.24, 2.45) is 0 Å². The van der Waals surface area contributed by atoms with E-state index in [0.29, 0.717) is 22.6 Å². The van der Waals surface area contributed by atoms with Gasteiger partial charge in [0.05, 0.1) is 0 Å². The van der Waals surface area contributed by atoms with Crippen molar-refractivity contribution in [3.63, 3.8) is 0 Å². The molecule has 4 rings (SSSR count). The van der Waals surface area contributed by atoms with Gasteiger partial charge >= 0.3 is 0 Å². The zero-order valence-electron chi connectivity index (χ0n) is 15.7. The third-order valence-electron chi connectivity index (χ3n) is 4.88. The van der Waals surface area contributed by atoms with Crippen molar-refractivity contribution in [2.75, 3.05) is 0 Å². The van der Waals surface area contributed by atoms with Gasteiger partial charge in [-0.3, -0.25) is 4.79 Å². The molecule has 0 bridgehead atoms. The van der Waals surface area contributed by atoms with E-state index in [4.69, 9.17) is 9.47 Å². The molecule has 1 aromatic carbocycles. The van der Waals surface area contributed by atoms with Gasteiger partial charge in [-0.2, -0.15) is 0 Å². The second kappa shape index (κ2) is 8.43. The number of pyridine rings is 2. The number of H-pyrrole nitrogens is 1. The van der Waals surface area contributed by atoms with Crippen LogP contribution in [-0.4, -0.2) is 16.1 Å². The largest absolute Gasteiger partial charge is 0.483 e. The normalized spacial score (nSPS) is 14.1. The minimum absolute atomic E-state index is 0.0787. The number of nitrogens with zero attached hydrogens (tertiary/aromatic N) is 1. The Kier molecular flexibility index (Phi) is 5.55. The molecule has 7 heteroatoms. The number of halogens is 2. The van der Waals surface area contributed by atoms with Gasteiger partial charge in [-0.1, -0.05) is 0 Å². The van der Waals surface area contributed by atoms with Crippen LogP contribution in [0.3, 0.4) is 0 Å². The summed E-state index contributed by atoms with van der Waals surface area (Å²) in [5.74, 6) is -1.78. The standard InChI is InChI=1S/C22H20F2N2O3/c23-18-11-15(17-6-3-8-26-22(17)29-16-4-1-2-5-16)12-19(24)21(18)28-13-14-7-9-25-20(27)10-14/h3,6-12,16H,1-2,4-5,13H2,(H,25,27). The number of aromatic amines is 1. The van der Waals surface area contributed by atoms with Crippen molar-refractivity contribution in [2.45, 2.75) is 38.4 Å². The van der Waals surface area contributed by atoms with Crippen molar-refractivity contribution < 1.29 is 18.3 Å². The zero-order valence-corrected chi connectivity index (χ0v) is 15.7. The van der Waals surface area contributed by atoms with Crippen LogP contribution in [0.1, 0.15) is 31.2 Å². The first-order valence-corrected chi connectivity index (χ1v) is 9.51. The van der Waals surface area contributed by atoms with E-state index in [2.05, 4.69) is 9.97 Å². The van der Waals surface area contributed by atoms with Gasteiger partial charge in [0.2, 0.25) is 11.4 Å². The molecule has 1 N–H and O–H groups in total. The molecule has 0 amide bonds. The lowest BCUT2D eigenvalue weighted by molar-refractivity contribution is 0.202. The summed E-state index contributed by atoms with van der Waals surface area (Å²) >= 11 is 0. The fourth-order valence-electron chi connectivity index (χ4n) is 3.46. The number of benzene rings is 1. The van der Waals surface area contributed by atoms with E-state index in [9.17, 15) is 13.6 Å². The lowest BCUT2D eigenvalue weighted by atomic mass is 10.1. The predicted octanol–water partition coefficient (Wildman–Crippen LogP) is 4.62. The summed E-state index contributed by atoms with van der Waals surface area (Å²) in [6.45, 7) is -0.125. The van der Waals surface area contributed by atoms with Gasteiger partial charge in [0.15, 0.2) is 17.4 Å². The van der Waals surface area contributed by atoms with Crippen molar-refractivity contribution in [1.29, 1.82) is 0 Å². The molecule has 5 nitrogen and oxygen atoms in total. The Morgan fingerprint density at radius 1 is 1.10 bits per heavy atom. The molecule has 2 heterocycles. The van der Waals surface area contributed by atoms with Crippen LogP contribution in [0.15, 0.2) is 53.6 Å². The van der Waals surface area contributed by atoms with Gasteiger partial charge < -0.3 is 14.5 Å². The lowest BCUT2D eigenvalue weighted by Gasteiger charge is -2.16. The van der Waals surface area contributed by atoms with Crippen LogP contribution >= 0.6 is 0 Å². The maximum Gasteiger partial charge on any atom is 0.248 e. The first-order valence-electron chi connectivity index (χ1n) is 9.51. The van der Waals surface area contributed by atoms with E-state index in [0.717, 1.165) is 25.7 Å². The molecule has 0 aliphatic heterocycles. The van der Waals surface area contributed by atoms with E-state index in [1.54, 1.807) is 24.4 Å². The Hall–Kier alpha value is -3.22. The third kappa shape index (κ3) is 4.45. The van der Waals surface area contributed by atoms with Crippen molar-refractivity contribution >= 4 is 0 Å². The van der Waals surface area contributed by atoms with Gasteiger partial charge in [-0.05, 0) is 67.1 Å². The van der Waals surface area contributed by atoms with E-state index in [-0.39, 0.29) is 18.3 Å². The molecule has 29 heavy (non-hydrogen) atoms. The third-order valence-corrected chi connectivity index (χ3v) is 4.88. The average Bonchev–Trinajstić information content (AvgIpc) is 3.21. The quantitative estimate of drug-likeness (QED) is 0.658. The molecule has 150 valence electrons. The number of rotatable bonds is 6. The Morgan fingerprint density at radius 2 is 1.86 bits per heavy atom. The Balaban J connectivity index is 1.58. The minimum Gasteiger partial charge on any atom is -0.483 e. The highest BCUT2D eigenvalue weighted by molar-refractivity contribution is 5.69. The van der Waals surface area contributed by atoms with Crippen LogP contribution in [0, 0.1) is 11.6 Å². The molecular formula is C22H20F2N2O3.